The molecule has 0 fully saturated rings. The molecule has 2 rings (SSSR count). The number of fused-ring (bicyclic) bond motifs is 1. The molecule has 5 nitrogen and oxygen atoms in total. The van der Waals surface area contributed by atoms with Crippen LogP contribution in [-0.2, 0) is 4.74 Å². The van der Waals surface area contributed by atoms with Crippen LogP contribution in [0.1, 0.15) is 6.92 Å². The van der Waals surface area contributed by atoms with Gasteiger partial charge in [0.05, 0.1) is 6.61 Å². The summed E-state index contributed by atoms with van der Waals surface area (Å²) in [4.78, 5) is 22.9. The molecule has 0 N–H and O–H groups in total. The number of hydrogen-bond donors (Lipinski definition) is 0. The van der Waals surface area contributed by atoms with Crippen molar-refractivity contribution in [3.8, 4) is 0 Å². The predicted octanol–water partition coefficient (Wildman–Crippen LogP) is 2.36. The molecular weight excluding hydrogens is 278 g/mol. The van der Waals surface area contributed by atoms with Gasteiger partial charge in [-0.3, -0.25) is 0 Å². The van der Waals surface area contributed by atoms with Gasteiger partial charge in [0.25, 0.3) is 0 Å². The van der Waals surface area contributed by atoms with Gasteiger partial charge in [-0.1, -0.05) is 15.9 Å². The van der Waals surface area contributed by atoms with Gasteiger partial charge in [0.15, 0.2) is 5.58 Å². The molecular formula is C10H8BrNO4. The summed E-state index contributed by atoms with van der Waals surface area (Å²) < 4.78 is 11.3. The van der Waals surface area contributed by atoms with E-state index >= 15 is 0 Å². The lowest BCUT2D eigenvalue weighted by atomic mass is 10.3. The summed E-state index contributed by atoms with van der Waals surface area (Å²) in [5.41, 5.74) is 0.735. The fourth-order valence-corrected chi connectivity index (χ4v) is 1.69. The van der Waals surface area contributed by atoms with Crippen LogP contribution in [0.3, 0.4) is 0 Å². The number of hydrogen-bond acceptors (Lipinski definition) is 4. The average molecular weight is 286 g/mol. The van der Waals surface area contributed by atoms with Gasteiger partial charge >= 0.3 is 11.8 Å². The van der Waals surface area contributed by atoms with E-state index in [4.69, 9.17) is 9.15 Å². The third-order valence-corrected chi connectivity index (χ3v) is 2.49. The first-order valence-corrected chi connectivity index (χ1v) is 5.41. The maximum atomic E-state index is 11.5. The number of aromatic nitrogens is 1. The zero-order valence-electron chi connectivity index (χ0n) is 8.40. The highest BCUT2D eigenvalue weighted by atomic mass is 79.9. The lowest BCUT2D eigenvalue weighted by Crippen LogP contribution is -2.23. The van der Waals surface area contributed by atoms with E-state index in [1.807, 2.05) is 0 Å². The molecule has 2 aromatic rings. The minimum Gasteiger partial charge on any atom is -0.449 e. The second kappa shape index (κ2) is 4.13. The van der Waals surface area contributed by atoms with Crippen LogP contribution in [0.2, 0.25) is 0 Å². The van der Waals surface area contributed by atoms with Crippen molar-refractivity contribution in [1.82, 2.24) is 4.57 Å². The molecule has 1 aromatic heterocycles. The summed E-state index contributed by atoms with van der Waals surface area (Å²) in [6.07, 6.45) is -0.728. The number of halogens is 1. The van der Waals surface area contributed by atoms with Crippen molar-refractivity contribution in [2.75, 3.05) is 6.61 Å². The van der Waals surface area contributed by atoms with Crippen LogP contribution in [-0.4, -0.2) is 17.3 Å². The Balaban J connectivity index is 2.65. The van der Waals surface area contributed by atoms with Gasteiger partial charge in [0.2, 0.25) is 0 Å². The number of carbonyl (C=O) groups is 1. The molecule has 0 bridgehead atoms. The Morgan fingerprint density at radius 2 is 2.31 bits per heavy atom. The van der Waals surface area contributed by atoms with E-state index in [9.17, 15) is 9.59 Å². The topological polar surface area (TPSA) is 61.4 Å². The van der Waals surface area contributed by atoms with Crippen molar-refractivity contribution in [2.45, 2.75) is 6.92 Å². The summed E-state index contributed by atoms with van der Waals surface area (Å²) in [5, 5.41) is 0. The molecule has 0 saturated heterocycles. The van der Waals surface area contributed by atoms with Crippen LogP contribution in [0.4, 0.5) is 4.79 Å². The van der Waals surface area contributed by atoms with Crippen LogP contribution in [0.25, 0.3) is 11.1 Å². The largest absolute Gasteiger partial charge is 0.449 e. The van der Waals surface area contributed by atoms with Crippen LogP contribution in [0.5, 0.6) is 0 Å². The Morgan fingerprint density at radius 3 is 3.00 bits per heavy atom. The normalized spacial score (nSPS) is 10.6. The Morgan fingerprint density at radius 1 is 1.56 bits per heavy atom. The van der Waals surface area contributed by atoms with Crippen molar-refractivity contribution in [3.63, 3.8) is 0 Å². The lowest BCUT2D eigenvalue weighted by molar-refractivity contribution is 0.153. The molecule has 1 heterocycles. The molecule has 1 aromatic carbocycles. The number of ether oxygens (including phenoxy) is 1. The van der Waals surface area contributed by atoms with E-state index < -0.39 is 11.8 Å². The Labute approximate surface area is 98.7 Å². The van der Waals surface area contributed by atoms with E-state index in [0.717, 1.165) is 9.04 Å². The number of oxazole rings is 1. The molecule has 0 aliphatic carbocycles. The number of rotatable bonds is 1. The van der Waals surface area contributed by atoms with E-state index in [1.165, 1.54) is 0 Å². The highest BCUT2D eigenvalue weighted by Gasteiger charge is 2.16. The molecule has 0 aliphatic rings. The molecule has 0 spiro atoms. The summed E-state index contributed by atoms with van der Waals surface area (Å²) in [5.74, 6) is -0.744. The van der Waals surface area contributed by atoms with Gasteiger partial charge in [-0.05, 0) is 25.1 Å². The first-order valence-electron chi connectivity index (χ1n) is 4.61. The third-order valence-electron chi connectivity index (χ3n) is 1.99. The van der Waals surface area contributed by atoms with Crippen LogP contribution >= 0.6 is 15.9 Å². The predicted molar refractivity (Wildman–Crippen MR) is 60.6 cm³/mol. The second-order valence-corrected chi connectivity index (χ2v) is 3.93. The van der Waals surface area contributed by atoms with Crippen LogP contribution < -0.4 is 5.76 Å². The van der Waals surface area contributed by atoms with Crippen molar-refractivity contribution in [2.24, 2.45) is 0 Å². The molecule has 0 radical (unpaired) electrons. The van der Waals surface area contributed by atoms with Crippen molar-refractivity contribution < 1.29 is 13.9 Å². The third kappa shape index (κ3) is 1.76. The number of benzene rings is 1. The fraction of sp³-hybridized carbons (Fsp3) is 0.200. The van der Waals surface area contributed by atoms with Gasteiger partial charge < -0.3 is 9.15 Å². The number of carbonyl (C=O) groups excluding carboxylic acids is 1. The van der Waals surface area contributed by atoms with Crippen LogP contribution in [0.15, 0.2) is 31.9 Å². The minimum absolute atomic E-state index is 0.203. The standard InChI is InChI=1S/C10H8BrNO4/c1-2-15-9(13)12-7-4-3-6(11)5-8(7)16-10(12)14/h3-5H,2H2,1H3. The summed E-state index contributed by atoms with van der Waals surface area (Å²) >= 11 is 3.25. The van der Waals surface area contributed by atoms with Gasteiger partial charge in [0, 0.05) is 4.47 Å². The average Bonchev–Trinajstić information content (AvgIpc) is 2.53. The molecule has 0 atom stereocenters. The highest BCUT2D eigenvalue weighted by Crippen LogP contribution is 2.18. The van der Waals surface area contributed by atoms with Gasteiger partial charge in [-0.2, -0.15) is 4.57 Å². The van der Waals surface area contributed by atoms with Gasteiger partial charge in [-0.25, -0.2) is 9.59 Å². The van der Waals surface area contributed by atoms with Gasteiger partial charge in [-0.15, -0.1) is 0 Å². The van der Waals surface area contributed by atoms with Crippen LogP contribution in [0, 0.1) is 0 Å². The van der Waals surface area contributed by atoms with E-state index in [0.29, 0.717) is 11.1 Å². The molecule has 84 valence electrons. The first kappa shape index (κ1) is 10.9. The van der Waals surface area contributed by atoms with E-state index in [1.54, 1.807) is 25.1 Å². The first-order chi connectivity index (χ1) is 7.63. The van der Waals surface area contributed by atoms with Crippen molar-refractivity contribution in [3.05, 3.63) is 33.2 Å². The molecule has 0 saturated carbocycles. The Hall–Kier alpha value is -1.56. The molecule has 6 heteroatoms. The fourth-order valence-electron chi connectivity index (χ4n) is 1.35. The molecule has 0 aliphatic heterocycles. The summed E-state index contributed by atoms with van der Waals surface area (Å²) in [6, 6.07) is 4.95. The zero-order chi connectivity index (χ0) is 11.7. The Kier molecular flexibility index (Phi) is 2.82. The highest BCUT2D eigenvalue weighted by molar-refractivity contribution is 9.10. The van der Waals surface area contributed by atoms with E-state index in [2.05, 4.69) is 15.9 Å². The van der Waals surface area contributed by atoms with Gasteiger partial charge in [0.1, 0.15) is 5.52 Å². The number of nitrogens with zero attached hydrogens (tertiary/aromatic N) is 1. The summed E-state index contributed by atoms with van der Waals surface area (Å²) in [6.45, 7) is 1.87. The monoisotopic (exact) mass is 285 g/mol. The zero-order valence-corrected chi connectivity index (χ0v) is 9.98. The SMILES string of the molecule is CCOC(=O)n1c(=O)oc2cc(Br)ccc21. The van der Waals surface area contributed by atoms with Crippen molar-refractivity contribution in [1.29, 1.82) is 0 Å². The maximum Gasteiger partial charge on any atom is 0.429 e. The quantitative estimate of drug-likeness (QED) is 0.807. The van der Waals surface area contributed by atoms with E-state index in [-0.39, 0.29) is 6.61 Å². The molecule has 16 heavy (non-hydrogen) atoms. The molecule has 0 unspecified atom stereocenters. The maximum absolute atomic E-state index is 11.5. The minimum atomic E-state index is -0.744. The smallest absolute Gasteiger partial charge is 0.429 e. The Bertz CT molecular complexity index is 598. The molecule has 0 amide bonds. The second-order valence-electron chi connectivity index (χ2n) is 3.01. The lowest BCUT2D eigenvalue weighted by Gasteiger charge is -2.00. The van der Waals surface area contributed by atoms with Crippen molar-refractivity contribution >= 4 is 33.1 Å². The summed E-state index contributed by atoms with van der Waals surface area (Å²) in [7, 11) is 0.